The predicted molar refractivity (Wildman–Crippen MR) is 87.2 cm³/mol. The molecule has 6 heteroatoms. The highest BCUT2D eigenvalue weighted by atomic mass is 35.5. The van der Waals surface area contributed by atoms with Gasteiger partial charge in [-0.25, -0.2) is 9.82 Å². The number of amides is 1. The van der Waals surface area contributed by atoms with Gasteiger partial charge in [-0.05, 0) is 30.7 Å². The summed E-state index contributed by atoms with van der Waals surface area (Å²) in [6, 6.07) is 10.7. The molecule has 1 N–H and O–H groups in total. The lowest BCUT2D eigenvalue weighted by atomic mass is 10.1. The second-order valence-corrected chi connectivity index (χ2v) is 5.30. The molecule has 0 saturated carbocycles. The van der Waals surface area contributed by atoms with Crippen molar-refractivity contribution in [1.82, 2.24) is 5.43 Å². The standard InChI is InChI=1S/C16H13Cl2FN2O/c1-2-15(11-8-7-10(17)9-13(11)18)20-21-16(22)12-5-3-4-6-14(12)19/h3-9H,2H2,1H3,(H,21,22)/b20-15+. The number of hydrazone groups is 1. The Balaban J connectivity index is 2.23. The molecule has 114 valence electrons. The van der Waals surface area contributed by atoms with Gasteiger partial charge in [0.05, 0.1) is 16.3 Å². The van der Waals surface area contributed by atoms with Gasteiger partial charge in [-0.15, -0.1) is 0 Å². The molecule has 0 fully saturated rings. The maximum Gasteiger partial charge on any atom is 0.274 e. The lowest BCUT2D eigenvalue weighted by Crippen LogP contribution is -2.21. The molecule has 0 radical (unpaired) electrons. The van der Waals surface area contributed by atoms with Crippen molar-refractivity contribution >= 4 is 34.8 Å². The highest BCUT2D eigenvalue weighted by Crippen LogP contribution is 2.22. The number of carbonyl (C=O) groups excluding carboxylic acids is 1. The fraction of sp³-hybridized carbons (Fsp3) is 0.125. The Kier molecular flexibility index (Phi) is 5.52. The SMILES string of the molecule is CC/C(=N\NC(=O)c1ccccc1F)c1ccc(Cl)cc1Cl. The van der Waals surface area contributed by atoms with Crippen LogP contribution in [0.3, 0.4) is 0 Å². The normalized spacial score (nSPS) is 11.4. The van der Waals surface area contributed by atoms with E-state index >= 15 is 0 Å². The minimum absolute atomic E-state index is 0.0658. The largest absolute Gasteiger partial charge is 0.274 e. The second kappa shape index (κ2) is 7.38. The maximum atomic E-state index is 13.5. The highest BCUT2D eigenvalue weighted by Gasteiger charge is 2.12. The smallest absolute Gasteiger partial charge is 0.267 e. The molecule has 0 aliphatic carbocycles. The average Bonchev–Trinajstić information content (AvgIpc) is 2.49. The molecular formula is C16H13Cl2FN2O. The van der Waals surface area contributed by atoms with Crippen molar-refractivity contribution in [2.45, 2.75) is 13.3 Å². The van der Waals surface area contributed by atoms with E-state index in [1.54, 1.807) is 24.3 Å². The summed E-state index contributed by atoms with van der Waals surface area (Å²) in [5, 5.41) is 4.99. The third-order valence-electron chi connectivity index (χ3n) is 2.99. The topological polar surface area (TPSA) is 41.5 Å². The number of carbonyl (C=O) groups is 1. The summed E-state index contributed by atoms with van der Waals surface area (Å²) in [6.45, 7) is 1.87. The van der Waals surface area contributed by atoms with Crippen LogP contribution in [-0.2, 0) is 0 Å². The predicted octanol–water partition coefficient (Wildman–Crippen LogP) is 4.68. The lowest BCUT2D eigenvalue weighted by Gasteiger charge is -2.08. The Labute approximate surface area is 137 Å². The minimum atomic E-state index is -0.617. The van der Waals surface area contributed by atoms with Gasteiger partial charge >= 0.3 is 0 Å². The van der Waals surface area contributed by atoms with E-state index < -0.39 is 11.7 Å². The number of halogens is 3. The average molecular weight is 339 g/mol. The summed E-state index contributed by atoms with van der Waals surface area (Å²) < 4.78 is 13.5. The summed E-state index contributed by atoms with van der Waals surface area (Å²) >= 11 is 12.0. The van der Waals surface area contributed by atoms with Crippen LogP contribution in [0.2, 0.25) is 10.0 Å². The van der Waals surface area contributed by atoms with Crippen molar-refractivity contribution in [1.29, 1.82) is 0 Å². The van der Waals surface area contributed by atoms with Crippen molar-refractivity contribution in [2.24, 2.45) is 5.10 Å². The van der Waals surface area contributed by atoms with Gasteiger partial charge in [0, 0.05) is 10.6 Å². The molecule has 0 saturated heterocycles. The summed E-state index contributed by atoms with van der Waals surface area (Å²) in [4.78, 5) is 11.9. The number of rotatable bonds is 4. The molecule has 0 unspecified atom stereocenters. The van der Waals surface area contributed by atoms with Crippen molar-refractivity contribution in [3.63, 3.8) is 0 Å². The van der Waals surface area contributed by atoms with Crippen molar-refractivity contribution in [2.75, 3.05) is 0 Å². The molecular weight excluding hydrogens is 326 g/mol. The third-order valence-corrected chi connectivity index (χ3v) is 3.54. The molecule has 1 amide bonds. The van der Waals surface area contributed by atoms with Crippen LogP contribution in [0.1, 0.15) is 29.3 Å². The summed E-state index contributed by atoms with van der Waals surface area (Å²) in [7, 11) is 0. The van der Waals surface area contributed by atoms with Crippen LogP contribution >= 0.6 is 23.2 Å². The molecule has 0 atom stereocenters. The Hall–Kier alpha value is -1.91. The monoisotopic (exact) mass is 338 g/mol. The zero-order valence-corrected chi connectivity index (χ0v) is 13.2. The lowest BCUT2D eigenvalue weighted by molar-refractivity contribution is 0.0951. The van der Waals surface area contributed by atoms with Gasteiger partial charge in [0.15, 0.2) is 0 Å². The van der Waals surface area contributed by atoms with E-state index in [0.29, 0.717) is 27.7 Å². The molecule has 2 aromatic rings. The van der Waals surface area contributed by atoms with E-state index in [1.165, 1.54) is 18.2 Å². The number of nitrogens with one attached hydrogen (secondary N) is 1. The quantitative estimate of drug-likeness (QED) is 0.638. The molecule has 22 heavy (non-hydrogen) atoms. The second-order valence-electron chi connectivity index (χ2n) is 4.46. The summed E-state index contributed by atoms with van der Waals surface area (Å²) in [5.41, 5.74) is 3.53. The molecule has 0 bridgehead atoms. The number of benzene rings is 2. The molecule has 0 spiro atoms. The van der Waals surface area contributed by atoms with Gasteiger partial charge in [0.2, 0.25) is 0 Å². The van der Waals surface area contributed by atoms with Gasteiger partial charge in [0.1, 0.15) is 5.82 Å². The van der Waals surface area contributed by atoms with E-state index in [9.17, 15) is 9.18 Å². The van der Waals surface area contributed by atoms with Gasteiger partial charge < -0.3 is 0 Å². The van der Waals surface area contributed by atoms with Crippen molar-refractivity contribution in [3.8, 4) is 0 Å². The van der Waals surface area contributed by atoms with Crippen LogP contribution in [0.5, 0.6) is 0 Å². The Bertz CT molecular complexity index is 732. The van der Waals surface area contributed by atoms with Gasteiger partial charge in [0.25, 0.3) is 5.91 Å². The van der Waals surface area contributed by atoms with Gasteiger partial charge in [-0.2, -0.15) is 5.10 Å². The Morgan fingerprint density at radius 2 is 1.91 bits per heavy atom. The summed E-state index contributed by atoms with van der Waals surface area (Å²) in [5.74, 6) is -1.22. The van der Waals surface area contributed by atoms with E-state index in [2.05, 4.69) is 10.5 Å². The highest BCUT2D eigenvalue weighted by molar-refractivity contribution is 6.37. The van der Waals surface area contributed by atoms with Crippen LogP contribution in [0, 0.1) is 5.82 Å². The van der Waals surface area contributed by atoms with Crippen LogP contribution in [-0.4, -0.2) is 11.6 Å². The Morgan fingerprint density at radius 1 is 1.18 bits per heavy atom. The van der Waals surface area contributed by atoms with Crippen LogP contribution < -0.4 is 5.43 Å². The first kappa shape index (κ1) is 16.5. The molecule has 2 aromatic carbocycles. The zero-order chi connectivity index (χ0) is 16.1. The first-order chi connectivity index (χ1) is 10.5. The Morgan fingerprint density at radius 3 is 2.55 bits per heavy atom. The third kappa shape index (κ3) is 3.84. The van der Waals surface area contributed by atoms with Crippen molar-refractivity contribution < 1.29 is 9.18 Å². The summed E-state index contributed by atoms with van der Waals surface area (Å²) in [6.07, 6.45) is 0.541. The number of nitrogens with zero attached hydrogens (tertiary/aromatic N) is 1. The zero-order valence-electron chi connectivity index (χ0n) is 11.7. The van der Waals surface area contributed by atoms with E-state index in [4.69, 9.17) is 23.2 Å². The fourth-order valence-corrected chi connectivity index (χ4v) is 2.39. The molecule has 2 rings (SSSR count). The number of hydrogen-bond acceptors (Lipinski definition) is 2. The van der Waals surface area contributed by atoms with E-state index in [-0.39, 0.29) is 5.56 Å². The fourth-order valence-electron chi connectivity index (χ4n) is 1.88. The minimum Gasteiger partial charge on any atom is -0.267 e. The van der Waals surface area contributed by atoms with Crippen molar-refractivity contribution in [3.05, 3.63) is 69.5 Å². The molecule has 0 aromatic heterocycles. The van der Waals surface area contributed by atoms with Crippen LogP contribution in [0.4, 0.5) is 4.39 Å². The first-order valence-electron chi connectivity index (χ1n) is 6.59. The first-order valence-corrected chi connectivity index (χ1v) is 7.35. The van der Waals surface area contributed by atoms with Gasteiger partial charge in [-0.1, -0.05) is 48.3 Å². The molecule has 0 aliphatic heterocycles. The maximum absolute atomic E-state index is 13.5. The van der Waals surface area contributed by atoms with E-state index in [0.717, 1.165) is 0 Å². The van der Waals surface area contributed by atoms with Gasteiger partial charge in [-0.3, -0.25) is 4.79 Å². The molecule has 0 aliphatic rings. The van der Waals surface area contributed by atoms with Crippen LogP contribution in [0.25, 0.3) is 0 Å². The molecule has 3 nitrogen and oxygen atoms in total. The van der Waals surface area contributed by atoms with Crippen LogP contribution in [0.15, 0.2) is 47.6 Å². The molecule has 0 heterocycles. The van der Waals surface area contributed by atoms with E-state index in [1.807, 2.05) is 6.92 Å². The number of hydrogen-bond donors (Lipinski definition) is 1.